The van der Waals surface area contributed by atoms with Crippen LogP contribution in [0.4, 0.5) is 0 Å². The molecule has 2 aromatic rings. The van der Waals surface area contributed by atoms with E-state index in [0.29, 0.717) is 5.92 Å². The highest BCUT2D eigenvalue weighted by molar-refractivity contribution is 5.59. The molecule has 3 atom stereocenters. The van der Waals surface area contributed by atoms with E-state index in [-0.39, 0.29) is 10.8 Å². The van der Waals surface area contributed by atoms with Gasteiger partial charge in [-0.05, 0) is 42.7 Å². The third-order valence-electron chi connectivity index (χ3n) is 7.13. The number of hydrogen-bond acceptors (Lipinski definition) is 2. The van der Waals surface area contributed by atoms with Gasteiger partial charge in [0.2, 0.25) is 0 Å². The fourth-order valence-corrected chi connectivity index (χ4v) is 5.10. The molecule has 1 heterocycles. The monoisotopic (exact) mass is 307 g/mol. The van der Waals surface area contributed by atoms with Crippen LogP contribution in [-0.4, -0.2) is 10.1 Å². The summed E-state index contributed by atoms with van der Waals surface area (Å²) in [6.07, 6.45) is 3.14. The van der Waals surface area contributed by atoms with Gasteiger partial charge < -0.3 is 5.11 Å². The van der Waals surface area contributed by atoms with Crippen molar-refractivity contribution in [3.63, 3.8) is 0 Å². The molecule has 0 saturated heterocycles. The molecule has 2 heteroatoms. The largest absolute Gasteiger partial charge is 0.383 e. The van der Waals surface area contributed by atoms with Gasteiger partial charge in [0.15, 0.2) is 0 Å². The Hall–Kier alpha value is -1.67. The smallest absolute Gasteiger partial charge is 0.113 e. The minimum absolute atomic E-state index is 0.104. The molecule has 2 bridgehead atoms. The number of hydrogen-bond donors (Lipinski definition) is 1. The average molecular weight is 307 g/mol. The lowest BCUT2D eigenvalue weighted by molar-refractivity contribution is -0.0987. The Labute approximate surface area is 138 Å². The Morgan fingerprint density at radius 2 is 1.74 bits per heavy atom. The van der Waals surface area contributed by atoms with Crippen LogP contribution in [0.3, 0.4) is 0 Å². The second kappa shape index (κ2) is 4.67. The van der Waals surface area contributed by atoms with Crippen LogP contribution in [0.5, 0.6) is 0 Å². The van der Waals surface area contributed by atoms with Crippen molar-refractivity contribution >= 4 is 0 Å². The van der Waals surface area contributed by atoms with Crippen molar-refractivity contribution in [3.05, 3.63) is 54.2 Å². The van der Waals surface area contributed by atoms with Crippen LogP contribution >= 0.6 is 0 Å². The van der Waals surface area contributed by atoms with Gasteiger partial charge in [0, 0.05) is 11.0 Å². The summed E-state index contributed by atoms with van der Waals surface area (Å²) in [7, 11) is 0. The minimum Gasteiger partial charge on any atom is -0.383 e. The van der Waals surface area contributed by atoms with E-state index in [9.17, 15) is 5.11 Å². The topological polar surface area (TPSA) is 33.1 Å². The molecule has 2 saturated carbocycles. The molecular weight excluding hydrogens is 282 g/mol. The third-order valence-corrected chi connectivity index (χ3v) is 7.13. The van der Waals surface area contributed by atoms with E-state index < -0.39 is 5.60 Å². The van der Waals surface area contributed by atoms with E-state index in [2.05, 4.69) is 32.9 Å². The molecule has 2 fully saturated rings. The number of pyridine rings is 1. The van der Waals surface area contributed by atoms with E-state index in [1.165, 1.54) is 6.42 Å². The van der Waals surface area contributed by atoms with Crippen LogP contribution < -0.4 is 0 Å². The third kappa shape index (κ3) is 1.82. The molecule has 2 aliphatic carbocycles. The van der Waals surface area contributed by atoms with Crippen molar-refractivity contribution in [1.82, 2.24) is 4.98 Å². The SMILES string of the molecule is CC1(C)[C@H]2CC[C@]1(C)[C@](O)(c1cccc(-c3ccccc3)n1)C2. The van der Waals surface area contributed by atoms with E-state index >= 15 is 0 Å². The van der Waals surface area contributed by atoms with Crippen LogP contribution in [0, 0.1) is 16.7 Å². The maximum atomic E-state index is 11.7. The maximum absolute atomic E-state index is 11.7. The molecule has 23 heavy (non-hydrogen) atoms. The lowest BCUT2D eigenvalue weighted by Gasteiger charge is -2.45. The first-order valence-corrected chi connectivity index (χ1v) is 8.64. The first-order chi connectivity index (χ1) is 10.9. The van der Waals surface area contributed by atoms with Crippen LogP contribution in [0.15, 0.2) is 48.5 Å². The fourth-order valence-electron chi connectivity index (χ4n) is 5.10. The van der Waals surface area contributed by atoms with Crippen LogP contribution in [-0.2, 0) is 5.60 Å². The van der Waals surface area contributed by atoms with E-state index in [0.717, 1.165) is 29.8 Å². The summed E-state index contributed by atoms with van der Waals surface area (Å²) in [5.74, 6) is 0.583. The first kappa shape index (κ1) is 14.9. The van der Waals surface area contributed by atoms with Crippen molar-refractivity contribution in [2.45, 2.75) is 45.6 Å². The zero-order valence-corrected chi connectivity index (χ0v) is 14.2. The molecule has 0 spiro atoms. The second-order valence-electron chi connectivity index (χ2n) is 8.13. The van der Waals surface area contributed by atoms with Crippen LogP contribution in [0.25, 0.3) is 11.3 Å². The normalized spacial score (nSPS) is 34.7. The van der Waals surface area contributed by atoms with Gasteiger partial charge in [0.1, 0.15) is 5.60 Å². The number of nitrogens with zero attached hydrogens (tertiary/aromatic N) is 1. The van der Waals surface area contributed by atoms with Crippen molar-refractivity contribution in [3.8, 4) is 11.3 Å². The van der Waals surface area contributed by atoms with Crippen molar-refractivity contribution in [1.29, 1.82) is 0 Å². The summed E-state index contributed by atoms with van der Waals surface area (Å²) in [6.45, 7) is 6.91. The summed E-state index contributed by atoms with van der Waals surface area (Å²) in [4.78, 5) is 4.88. The van der Waals surface area contributed by atoms with Gasteiger partial charge in [-0.1, -0.05) is 57.2 Å². The van der Waals surface area contributed by atoms with E-state index in [1.54, 1.807) is 0 Å². The van der Waals surface area contributed by atoms with Crippen LogP contribution in [0.2, 0.25) is 0 Å². The van der Waals surface area contributed by atoms with Crippen molar-refractivity contribution < 1.29 is 5.11 Å². The summed E-state index contributed by atoms with van der Waals surface area (Å²) in [5, 5.41) is 11.7. The summed E-state index contributed by atoms with van der Waals surface area (Å²) in [5.41, 5.74) is 2.13. The fraction of sp³-hybridized carbons (Fsp3) is 0.476. The number of aliphatic hydroxyl groups is 1. The predicted octanol–water partition coefficient (Wildman–Crippen LogP) is 4.78. The highest BCUT2D eigenvalue weighted by atomic mass is 16.3. The molecule has 2 nitrogen and oxygen atoms in total. The summed E-state index contributed by atoms with van der Waals surface area (Å²) >= 11 is 0. The average Bonchev–Trinajstić information content (AvgIpc) is 2.88. The zero-order valence-electron chi connectivity index (χ0n) is 14.2. The van der Waals surface area contributed by atoms with E-state index in [1.807, 2.05) is 36.4 Å². The second-order valence-corrected chi connectivity index (χ2v) is 8.13. The van der Waals surface area contributed by atoms with Gasteiger partial charge >= 0.3 is 0 Å². The number of benzene rings is 1. The Morgan fingerprint density at radius 3 is 2.35 bits per heavy atom. The standard InChI is InChI=1S/C21H25NO/c1-19(2)16-12-13-20(19,3)21(23,14-16)18-11-7-10-17(22-18)15-8-5-4-6-9-15/h4-11,16,23H,12-14H2,1-3H3/t16-,20-,21+/m0/s1. The van der Waals surface area contributed by atoms with Gasteiger partial charge in [-0.2, -0.15) is 0 Å². The molecule has 0 amide bonds. The molecule has 4 rings (SSSR count). The molecular formula is C21H25NO. The number of aromatic nitrogens is 1. The molecule has 0 radical (unpaired) electrons. The molecule has 0 unspecified atom stereocenters. The lowest BCUT2D eigenvalue weighted by atomic mass is 9.63. The first-order valence-electron chi connectivity index (χ1n) is 8.64. The molecule has 1 aromatic heterocycles. The molecule has 1 N–H and O–H groups in total. The van der Waals surface area contributed by atoms with Gasteiger partial charge in [-0.3, -0.25) is 0 Å². The van der Waals surface area contributed by atoms with Crippen LogP contribution in [0.1, 0.15) is 45.7 Å². The van der Waals surface area contributed by atoms with E-state index in [4.69, 9.17) is 4.98 Å². The van der Waals surface area contributed by atoms with Gasteiger partial charge in [0.25, 0.3) is 0 Å². The Balaban J connectivity index is 1.80. The highest BCUT2D eigenvalue weighted by Gasteiger charge is 2.69. The lowest BCUT2D eigenvalue weighted by Crippen LogP contribution is -2.45. The summed E-state index contributed by atoms with van der Waals surface area (Å²) < 4.78 is 0. The Morgan fingerprint density at radius 1 is 1.00 bits per heavy atom. The van der Waals surface area contributed by atoms with Gasteiger partial charge in [-0.15, -0.1) is 0 Å². The van der Waals surface area contributed by atoms with Gasteiger partial charge in [0.05, 0.1) is 11.4 Å². The zero-order chi connectivity index (χ0) is 16.3. The quantitative estimate of drug-likeness (QED) is 0.866. The Kier molecular flexibility index (Phi) is 3.02. The molecule has 1 aromatic carbocycles. The van der Waals surface area contributed by atoms with Crippen molar-refractivity contribution in [2.75, 3.05) is 0 Å². The number of fused-ring (bicyclic) bond motifs is 2. The molecule has 0 aliphatic heterocycles. The minimum atomic E-state index is -0.815. The van der Waals surface area contributed by atoms with Crippen molar-refractivity contribution in [2.24, 2.45) is 16.7 Å². The summed E-state index contributed by atoms with van der Waals surface area (Å²) in [6, 6.07) is 16.3. The number of rotatable bonds is 2. The molecule has 120 valence electrons. The predicted molar refractivity (Wildman–Crippen MR) is 92.8 cm³/mol. The van der Waals surface area contributed by atoms with Gasteiger partial charge in [-0.25, -0.2) is 4.98 Å². The maximum Gasteiger partial charge on any atom is 0.113 e. The highest BCUT2D eigenvalue weighted by Crippen LogP contribution is 2.72. The molecule has 2 aliphatic rings. The Bertz CT molecular complexity index is 739.